The van der Waals surface area contributed by atoms with Crippen molar-refractivity contribution in [2.24, 2.45) is 46.3 Å². The van der Waals surface area contributed by atoms with Gasteiger partial charge in [-0.05, 0) is 123 Å². The van der Waals surface area contributed by atoms with E-state index in [4.69, 9.17) is 9.47 Å². The highest BCUT2D eigenvalue weighted by Crippen LogP contribution is 2.67. The molecule has 0 amide bonds. The zero-order valence-electron chi connectivity index (χ0n) is 36.2. The second kappa shape index (κ2) is 23.7. The maximum Gasteiger partial charge on any atom is 0.508 e. The molecule has 0 saturated heterocycles. The number of rotatable bonds is 26. The van der Waals surface area contributed by atoms with Crippen molar-refractivity contribution in [3.05, 3.63) is 23.8 Å². The molecule has 3 nitrogen and oxygen atoms in total. The average Bonchev–Trinajstić information content (AvgIpc) is 3.49. The van der Waals surface area contributed by atoms with Gasteiger partial charge in [0, 0.05) is 6.42 Å². The highest BCUT2D eigenvalue weighted by molar-refractivity contribution is 5.60. The molecular weight excluding hydrogens is 649 g/mol. The summed E-state index contributed by atoms with van der Waals surface area (Å²) in [5, 5.41) is 0. The summed E-state index contributed by atoms with van der Waals surface area (Å²) in [5.41, 5.74) is 2.42. The Balaban J connectivity index is 1.01. The second-order valence-corrected chi connectivity index (χ2v) is 19.7. The van der Waals surface area contributed by atoms with Crippen molar-refractivity contribution in [2.75, 3.05) is 6.61 Å². The molecule has 1 unspecified atom stereocenters. The Kier molecular flexibility index (Phi) is 19.9. The minimum Gasteiger partial charge on any atom is -0.434 e. The summed E-state index contributed by atoms with van der Waals surface area (Å²) in [6.07, 6.45) is 45.0. The number of hydrogen-bond donors (Lipinski definition) is 0. The topological polar surface area (TPSA) is 35.5 Å². The van der Waals surface area contributed by atoms with Crippen molar-refractivity contribution in [2.45, 2.75) is 234 Å². The van der Waals surface area contributed by atoms with E-state index < -0.39 is 6.16 Å². The molecular formula is C50H88O3. The van der Waals surface area contributed by atoms with Crippen LogP contribution < -0.4 is 0 Å². The van der Waals surface area contributed by atoms with Crippen molar-refractivity contribution >= 4 is 6.16 Å². The van der Waals surface area contributed by atoms with E-state index in [0.717, 1.165) is 67.6 Å². The minimum absolute atomic E-state index is 0.0128. The van der Waals surface area contributed by atoms with Gasteiger partial charge in [0.05, 0.1) is 6.61 Å². The van der Waals surface area contributed by atoms with Crippen molar-refractivity contribution in [1.82, 2.24) is 0 Å². The van der Waals surface area contributed by atoms with Crippen LogP contribution in [0.25, 0.3) is 0 Å². The molecule has 306 valence electrons. The molecule has 0 N–H and O–H groups in total. The summed E-state index contributed by atoms with van der Waals surface area (Å²) in [4.78, 5) is 12.7. The van der Waals surface area contributed by atoms with Crippen LogP contribution in [0.2, 0.25) is 0 Å². The van der Waals surface area contributed by atoms with Gasteiger partial charge in [0.2, 0.25) is 0 Å². The molecule has 3 saturated carbocycles. The number of fused-ring (bicyclic) bond motifs is 5. The zero-order valence-corrected chi connectivity index (χ0v) is 36.2. The van der Waals surface area contributed by atoms with Crippen LogP contribution in [0.1, 0.15) is 228 Å². The third-order valence-electron chi connectivity index (χ3n) is 15.4. The average molecular weight is 737 g/mol. The molecule has 4 aliphatic carbocycles. The number of hydrogen-bond acceptors (Lipinski definition) is 3. The number of unbranched alkanes of at least 4 members (excludes halogenated alkanes) is 16. The van der Waals surface area contributed by atoms with Crippen LogP contribution in [0.4, 0.5) is 4.79 Å². The molecule has 4 aliphatic rings. The van der Waals surface area contributed by atoms with Crippen molar-refractivity contribution < 1.29 is 14.3 Å². The first-order valence-corrected chi connectivity index (χ1v) is 23.9. The molecule has 0 heterocycles. The first-order valence-electron chi connectivity index (χ1n) is 23.9. The highest BCUT2D eigenvalue weighted by atomic mass is 16.7. The van der Waals surface area contributed by atoms with Crippen LogP contribution in [0.5, 0.6) is 0 Å². The number of carbonyl (C=O) groups excluding carboxylic acids is 1. The molecule has 8 atom stereocenters. The molecule has 3 fully saturated rings. The lowest BCUT2D eigenvalue weighted by Crippen LogP contribution is -2.51. The Morgan fingerprint density at radius 2 is 1.36 bits per heavy atom. The first-order chi connectivity index (χ1) is 25.7. The van der Waals surface area contributed by atoms with Crippen molar-refractivity contribution in [1.29, 1.82) is 0 Å². The van der Waals surface area contributed by atoms with Crippen molar-refractivity contribution in [3.63, 3.8) is 0 Å². The van der Waals surface area contributed by atoms with Crippen molar-refractivity contribution in [3.8, 4) is 0 Å². The van der Waals surface area contributed by atoms with Gasteiger partial charge in [0.15, 0.2) is 0 Å². The Labute approximate surface area is 330 Å². The van der Waals surface area contributed by atoms with Gasteiger partial charge in [-0.1, -0.05) is 168 Å². The second-order valence-electron chi connectivity index (χ2n) is 19.7. The molecule has 4 rings (SSSR count). The van der Waals surface area contributed by atoms with Gasteiger partial charge >= 0.3 is 6.16 Å². The van der Waals surface area contributed by atoms with Gasteiger partial charge in [-0.3, -0.25) is 0 Å². The molecule has 53 heavy (non-hydrogen) atoms. The van der Waals surface area contributed by atoms with Gasteiger partial charge in [0.25, 0.3) is 0 Å². The summed E-state index contributed by atoms with van der Waals surface area (Å²) in [5.74, 6) is 5.15. The van der Waals surface area contributed by atoms with Crippen LogP contribution in [0.15, 0.2) is 23.8 Å². The third kappa shape index (κ3) is 13.7. The standard InChI is InChI=1S/C50H88O3/c1-7-8-9-10-11-12-13-14-15-16-17-18-19-20-21-22-23-24-25-26-38-52-48(51)53-43-34-36-49(5)42(39-43)30-31-44-46-33-32-45(41(4)29-27-28-40(2)3)50(46,6)37-35-47(44)49/h14-15,30,40-41,43-47H,7-13,16-29,31-39H2,1-6H3/b15-14-/t41-,43?,44+,45-,46+,47+,49+,50-/m1/s1. The summed E-state index contributed by atoms with van der Waals surface area (Å²) in [7, 11) is 0. The predicted molar refractivity (Wildman–Crippen MR) is 227 cm³/mol. The van der Waals surface area contributed by atoms with E-state index in [1.54, 1.807) is 5.57 Å². The highest BCUT2D eigenvalue weighted by Gasteiger charge is 2.59. The van der Waals surface area contributed by atoms with E-state index in [1.807, 2.05) is 0 Å². The largest absolute Gasteiger partial charge is 0.508 e. The van der Waals surface area contributed by atoms with Crippen LogP contribution in [0.3, 0.4) is 0 Å². The molecule has 0 aromatic carbocycles. The first kappa shape index (κ1) is 44.5. The molecule has 0 radical (unpaired) electrons. The summed E-state index contributed by atoms with van der Waals surface area (Å²) >= 11 is 0. The van der Waals surface area contributed by atoms with Crippen LogP contribution >= 0.6 is 0 Å². The van der Waals surface area contributed by atoms with Crippen LogP contribution in [-0.2, 0) is 9.47 Å². The van der Waals surface area contributed by atoms with Gasteiger partial charge in [-0.15, -0.1) is 0 Å². The number of carbonyl (C=O) groups is 1. The molecule has 0 aromatic rings. The molecule has 0 bridgehead atoms. The number of ether oxygens (including phenoxy) is 2. The molecule has 0 spiro atoms. The van der Waals surface area contributed by atoms with E-state index in [2.05, 4.69) is 59.8 Å². The lowest BCUT2D eigenvalue weighted by Gasteiger charge is -2.58. The minimum atomic E-state index is -0.436. The van der Waals surface area contributed by atoms with Gasteiger partial charge < -0.3 is 9.47 Å². The Morgan fingerprint density at radius 3 is 2.00 bits per heavy atom. The fraction of sp³-hybridized carbons (Fsp3) is 0.900. The Morgan fingerprint density at radius 1 is 0.736 bits per heavy atom. The van der Waals surface area contributed by atoms with Gasteiger partial charge in [-0.2, -0.15) is 0 Å². The smallest absolute Gasteiger partial charge is 0.434 e. The maximum absolute atomic E-state index is 12.7. The summed E-state index contributed by atoms with van der Waals surface area (Å²) < 4.78 is 11.5. The summed E-state index contributed by atoms with van der Waals surface area (Å²) in [6, 6.07) is 0. The van der Waals surface area contributed by atoms with Gasteiger partial charge in [0.1, 0.15) is 6.10 Å². The predicted octanol–water partition coefficient (Wildman–Crippen LogP) is 16.1. The fourth-order valence-corrected chi connectivity index (χ4v) is 12.1. The lowest BCUT2D eigenvalue weighted by atomic mass is 9.47. The fourth-order valence-electron chi connectivity index (χ4n) is 12.1. The normalized spacial score (nSPS) is 30.2. The SMILES string of the molecule is CCCCCCCC/C=C\CCCCCCCCCCCCOC(=O)OC1CC[C@@]2(C)C(=CC[C@H]3[C@@H]4CC[C@H]([C@H](C)CCCC(C)C)[C@@]4(C)CC[C@@H]32)C1. The molecule has 0 aromatic heterocycles. The molecule has 3 heteroatoms. The van der Waals surface area contributed by atoms with E-state index in [-0.39, 0.29) is 6.10 Å². The number of allylic oxidation sites excluding steroid dienone is 3. The molecule has 0 aliphatic heterocycles. The van der Waals surface area contributed by atoms with Crippen LogP contribution in [-0.4, -0.2) is 18.9 Å². The van der Waals surface area contributed by atoms with E-state index in [9.17, 15) is 4.79 Å². The Bertz CT molecular complexity index is 1070. The van der Waals surface area contributed by atoms with Crippen LogP contribution in [0, 0.1) is 46.3 Å². The van der Waals surface area contributed by atoms with E-state index in [0.29, 0.717) is 17.4 Å². The third-order valence-corrected chi connectivity index (χ3v) is 15.4. The van der Waals surface area contributed by atoms with Gasteiger partial charge in [-0.25, -0.2) is 4.79 Å². The summed E-state index contributed by atoms with van der Waals surface area (Å²) in [6.45, 7) is 15.4. The van der Waals surface area contributed by atoms with E-state index in [1.165, 1.54) is 154 Å². The monoisotopic (exact) mass is 737 g/mol. The zero-order chi connectivity index (χ0) is 37.9. The quantitative estimate of drug-likeness (QED) is 0.0504. The maximum atomic E-state index is 12.7. The van der Waals surface area contributed by atoms with E-state index >= 15 is 0 Å². The lowest BCUT2D eigenvalue weighted by molar-refractivity contribution is -0.0617. The Hall–Kier alpha value is -1.25.